The Labute approximate surface area is 131 Å². The number of aryl methyl sites for hydroxylation is 1. The van der Waals surface area contributed by atoms with Crippen molar-refractivity contribution >= 4 is 17.4 Å². The van der Waals surface area contributed by atoms with Crippen molar-refractivity contribution < 1.29 is 4.79 Å². The third-order valence-corrected chi connectivity index (χ3v) is 4.90. The van der Waals surface area contributed by atoms with Crippen LogP contribution in [0, 0.1) is 0 Å². The minimum Gasteiger partial charge on any atom is -0.335 e. The fourth-order valence-corrected chi connectivity index (χ4v) is 3.67. The number of carbonyl (C=O) groups is 1. The third kappa shape index (κ3) is 4.01. The van der Waals surface area contributed by atoms with E-state index in [1.807, 2.05) is 4.90 Å². The molecule has 1 amide bonds. The summed E-state index contributed by atoms with van der Waals surface area (Å²) in [5.41, 5.74) is 6.85. The van der Waals surface area contributed by atoms with Gasteiger partial charge in [-0.05, 0) is 50.1 Å². The fraction of sp³-hybridized carbons (Fsp3) is 0.800. The molecule has 6 heteroatoms. The van der Waals surface area contributed by atoms with E-state index < -0.39 is 0 Å². The topological polar surface area (TPSA) is 72.1 Å². The van der Waals surface area contributed by atoms with Gasteiger partial charge in [-0.2, -0.15) is 0 Å². The predicted octanol–water partition coefficient (Wildman–Crippen LogP) is 2.61. The molecule has 0 aliphatic heterocycles. The lowest BCUT2D eigenvalue weighted by molar-refractivity contribution is 0.0630. The van der Waals surface area contributed by atoms with E-state index in [1.165, 1.54) is 11.5 Å². The standard InChI is InChI=1S/C15H26N4OS/c1-3-5-13-14(21-18-17-13)15(20)19(10-4-2)12-8-6-11(16)7-9-12/h11-12H,3-10,16H2,1-2H3. The molecule has 0 saturated heterocycles. The maximum absolute atomic E-state index is 12.9. The summed E-state index contributed by atoms with van der Waals surface area (Å²) < 4.78 is 3.99. The van der Waals surface area contributed by atoms with Crippen LogP contribution in [0.3, 0.4) is 0 Å². The number of hydrogen-bond acceptors (Lipinski definition) is 5. The Morgan fingerprint density at radius 1 is 1.29 bits per heavy atom. The smallest absolute Gasteiger partial charge is 0.267 e. The zero-order valence-corrected chi connectivity index (χ0v) is 13.9. The summed E-state index contributed by atoms with van der Waals surface area (Å²) in [5.74, 6) is 0.121. The van der Waals surface area contributed by atoms with Crippen molar-refractivity contribution in [2.75, 3.05) is 6.54 Å². The van der Waals surface area contributed by atoms with Gasteiger partial charge in [-0.25, -0.2) is 0 Å². The molecule has 1 fully saturated rings. The maximum Gasteiger partial charge on any atom is 0.267 e. The SMILES string of the molecule is CCCc1nnsc1C(=O)N(CCC)C1CCC(N)CC1. The van der Waals surface area contributed by atoms with Gasteiger partial charge >= 0.3 is 0 Å². The monoisotopic (exact) mass is 310 g/mol. The van der Waals surface area contributed by atoms with Gasteiger partial charge in [0.1, 0.15) is 4.88 Å². The summed E-state index contributed by atoms with van der Waals surface area (Å²) in [5, 5.41) is 4.13. The molecule has 1 aromatic heterocycles. The molecule has 0 bridgehead atoms. The average molecular weight is 310 g/mol. The Balaban J connectivity index is 2.13. The van der Waals surface area contributed by atoms with Crippen LogP contribution in [0.4, 0.5) is 0 Å². The zero-order valence-electron chi connectivity index (χ0n) is 13.0. The van der Waals surface area contributed by atoms with Crippen LogP contribution >= 0.6 is 11.5 Å². The largest absolute Gasteiger partial charge is 0.335 e. The van der Waals surface area contributed by atoms with Crippen molar-refractivity contribution in [2.24, 2.45) is 5.73 Å². The highest BCUT2D eigenvalue weighted by molar-refractivity contribution is 7.08. The second-order valence-corrected chi connectivity index (χ2v) is 6.62. The van der Waals surface area contributed by atoms with E-state index >= 15 is 0 Å². The Hall–Kier alpha value is -1.01. The Bertz CT molecular complexity index is 454. The van der Waals surface area contributed by atoms with Crippen LogP contribution < -0.4 is 5.73 Å². The van der Waals surface area contributed by atoms with Crippen LogP contribution in [0.5, 0.6) is 0 Å². The first-order valence-electron chi connectivity index (χ1n) is 8.05. The molecule has 1 aromatic rings. The molecule has 1 saturated carbocycles. The molecule has 1 heterocycles. The zero-order chi connectivity index (χ0) is 15.2. The lowest BCUT2D eigenvalue weighted by Gasteiger charge is -2.35. The number of hydrogen-bond donors (Lipinski definition) is 1. The van der Waals surface area contributed by atoms with Crippen LogP contribution in [0.15, 0.2) is 0 Å². The van der Waals surface area contributed by atoms with Gasteiger partial charge in [0.25, 0.3) is 5.91 Å². The van der Waals surface area contributed by atoms with Crippen LogP contribution in [0.1, 0.15) is 67.7 Å². The number of rotatable bonds is 6. The Morgan fingerprint density at radius 2 is 2.00 bits per heavy atom. The number of nitrogens with two attached hydrogens (primary N) is 1. The summed E-state index contributed by atoms with van der Waals surface area (Å²) in [7, 11) is 0. The predicted molar refractivity (Wildman–Crippen MR) is 85.5 cm³/mol. The molecule has 1 aliphatic rings. The maximum atomic E-state index is 12.9. The summed E-state index contributed by atoms with van der Waals surface area (Å²) in [6, 6.07) is 0.634. The fourth-order valence-electron chi connectivity index (χ4n) is 3.01. The minimum absolute atomic E-state index is 0.121. The van der Waals surface area contributed by atoms with Gasteiger partial charge in [-0.3, -0.25) is 4.79 Å². The quantitative estimate of drug-likeness (QED) is 0.876. The van der Waals surface area contributed by atoms with Gasteiger partial charge in [-0.15, -0.1) is 5.10 Å². The van der Waals surface area contributed by atoms with Crippen LogP contribution in [-0.2, 0) is 6.42 Å². The first-order valence-corrected chi connectivity index (χ1v) is 8.82. The number of carbonyl (C=O) groups excluding carboxylic acids is 1. The van der Waals surface area contributed by atoms with E-state index in [0.29, 0.717) is 12.1 Å². The number of amides is 1. The normalized spacial score (nSPS) is 22.2. The molecule has 0 atom stereocenters. The van der Waals surface area contributed by atoms with Crippen molar-refractivity contribution in [3.8, 4) is 0 Å². The van der Waals surface area contributed by atoms with Gasteiger partial charge < -0.3 is 10.6 Å². The molecule has 2 N–H and O–H groups in total. The third-order valence-electron chi connectivity index (χ3n) is 4.14. The highest BCUT2D eigenvalue weighted by Crippen LogP contribution is 2.25. The average Bonchev–Trinajstić information content (AvgIpc) is 2.94. The highest BCUT2D eigenvalue weighted by Gasteiger charge is 2.30. The van der Waals surface area contributed by atoms with Gasteiger partial charge in [0.05, 0.1) is 5.69 Å². The first kappa shape index (κ1) is 16.4. The van der Waals surface area contributed by atoms with Crippen molar-refractivity contribution in [1.29, 1.82) is 0 Å². The lowest BCUT2D eigenvalue weighted by Crippen LogP contribution is -2.44. The molecule has 2 rings (SSSR count). The van der Waals surface area contributed by atoms with E-state index in [0.717, 1.165) is 62.1 Å². The second kappa shape index (κ2) is 7.84. The Kier molecular flexibility index (Phi) is 6.11. The van der Waals surface area contributed by atoms with Crippen LogP contribution in [0.25, 0.3) is 0 Å². The summed E-state index contributed by atoms with van der Waals surface area (Å²) in [6.45, 7) is 5.02. The van der Waals surface area contributed by atoms with Crippen molar-refractivity contribution in [2.45, 2.75) is 70.9 Å². The van der Waals surface area contributed by atoms with Crippen molar-refractivity contribution in [1.82, 2.24) is 14.5 Å². The lowest BCUT2D eigenvalue weighted by atomic mass is 9.90. The van der Waals surface area contributed by atoms with E-state index in [-0.39, 0.29) is 5.91 Å². The molecule has 118 valence electrons. The first-order chi connectivity index (χ1) is 10.2. The molecule has 5 nitrogen and oxygen atoms in total. The van der Waals surface area contributed by atoms with Gasteiger partial charge in [0.15, 0.2) is 0 Å². The number of aromatic nitrogens is 2. The minimum atomic E-state index is 0.121. The van der Waals surface area contributed by atoms with Crippen molar-refractivity contribution in [3.63, 3.8) is 0 Å². The summed E-state index contributed by atoms with van der Waals surface area (Å²) in [4.78, 5) is 15.7. The molecule has 1 aliphatic carbocycles. The molecule has 0 aromatic carbocycles. The van der Waals surface area contributed by atoms with E-state index in [4.69, 9.17) is 5.73 Å². The van der Waals surface area contributed by atoms with Crippen LogP contribution in [0.2, 0.25) is 0 Å². The van der Waals surface area contributed by atoms with E-state index in [2.05, 4.69) is 23.4 Å². The second-order valence-electron chi connectivity index (χ2n) is 5.87. The molecule has 0 radical (unpaired) electrons. The Morgan fingerprint density at radius 3 is 2.62 bits per heavy atom. The van der Waals surface area contributed by atoms with E-state index in [1.54, 1.807) is 0 Å². The van der Waals surface area contributed by atoms with Crippen molar-refractivity contribution in [3.05, 3.63) is 10.6 Å². The van der Waals surface area contributed by atoms with Crippen LogP contribution in [-0.4, -0.2) is 39.0 Å². The molecule has 0 unspecified atom stereocenters. The molecular weight excluding hydrogens is 284 g/mol. The van der Waals surface area contributed by atoms with Gasteiger partial charge in [0.2, 0.25) is 0 Å². The van der Waals surface area contributed by atoms with E-state index in [9.17, 15) is 4.79 Å². The summed E-state index contributed by atoms with van der Waals surface area (Å²) >= 11 is 1.24. The highest BCUT2D eigenvalue weighted by atomic mass is 32.1. The molecular formula is C15H26N4OS. The molecule has 0 spiro atoms. The van der Waals surface area contributed by atoms with Gasteiger partial charge in [0, 0.05) is 18.6 Å². The number of nitrogens with zero attached hydrogens (tertiary/aromatic N) is 3. The summed E-state index contributed by atoms with van der Waals surface area (Å²) in [6.07, 6.45) is 6.85. The van der Waals surface area contributed by atoms with Gasteiger partial charge in [-0.1, -0.05) is 24.8 Å². The molecule has 21 heavy (non-hydrogen) atoms.